The standard InChI is InChI=1S/C13H26N2O2/c1-12(2,3)17-11(16)15(6)10-13(14(4)5)8-7-9-13/h7-10H2,1-6H3. The molecule has 1 saturated carbocycles. The maximum Gasteiger partial charge on any atom is 0.410 e. The maximum atomic E-state index is 11.9. The highest BCUT2D eigenvalue weighted by Gasteiger charge is 2.41. The number of nitrogens with zero attached hydrogens (tertiary/aromatic N) is 2. The summed E-state index contributed by atoms with van der Waals surface area (Å²) in [6.07, 6.45) is 3.34. The van der Waals surface area contributed by atoms with Crippen molar-refractivity contribution in [2.24, 2.45) is 0 Å². The van der Waals surface area contributed by atoms with Gasteiger partial charge in [0.05, 0.1) is 0 Å². The van der Waals surface area contributed by atoms with E-state index >= 15 is 0 Å². The predicted octanol–water partition coefficient (Wildman–Crippen LogP) is 2.34. The van der Waals surface area contributed by atoms with Gasteiger partial charge in [0.1, 0.15) is 5.60 Å². The number of ether oxygens (including phenoxy) is 1. The van der Waals surface area contributed by atoms with Crippen LogP contribution in [-0.2, 0) is 4.74 Å². The van der Waals surface area contributed by atoms with E-state index in [4.69, 9.17) is 4.74 Å². The predicted molar refractivity (Wildman–Crippen MR) is 69.1 cm³/mol. The summed E-state index contributed by atoms with van der Waals surface area (Å²) in [6.45, 7) is 6.42. The minimum Gasteiger partial charge on any atom is -0.444 e. The van der Waals surface area contributed by atoms with Crippen molar-refractivity contribution in [3.05, 3.63) is 0 Å². The zero-order chi connectivity index (χ0) is 13.3. The zero-order valence-corrected chi connectivity index (χ0v) is 12.0. The first-order valence-electron chi connectivity index (χ1n) is 6.28. The molecule has 0 N–H and O–H groups in total. The normalized spacial score (nSPS) is 18.8. The fraction of sp³-hybridized carbons (Fsp3) is 0.923. The molecule has 1 rings (SSSR count). The lowest BCUT2D eigenvalue weighted by atomic mass is 9.75. The lowest BCUT2D eigenvalue weighted by Crippen LogP contribution is -2.57. The average molecular weight is 242 g/mol. The van der Waals surface area contributed by atoms with Crippen molar-refractivity contribution in [3.63, 3.8) is 0 Å². The maximum absolute atomic E-state index is 11.9. The molecule has 1 aliphatic carbocycles. The summed E-state index contributed by atoms with van der Waals surface area (Å²) >= 11 is 0. The molecule has 0 heterocycles. The summed E-state index contributed by atoms with van der Waals surface area (Å²) in [5.74, 6) is 0. The highest BCUT2D eigenvalue weighted by atomic mass is 16.6. The van der Waals surface area contributed by atoms with Gasteiger partial charge in [0, 0.05) is 19.1 Å². The van der Waals surface area contributed by atoms with Crippen LogP contribution in [0.5, 0.6) is 0 Å². The molecule has 0 bridgehead atoms. The Morgan fingerprint density at radius 1 is 1.24 bits per heavy atom. The largest absolute Gasteiger partial charge is 0.444 e. The van der Waals surface area contributed by atoms with Crippen LogP contribution in [0.1, 0.15) is 40.0 Å². The quantitative estimate of drug-likeness (QED) is 0.761. The number of hydrogen-bond acceptors (Lipinski definition) is 3. The molecule has 4 heteroatoms. The van der Waals surface area contributed by atoms with Gasteiger partial charge in [-0.05, 0) is 54.1 Å². The van der Waals surface area contributed by atoms with E-state index < -0.39 is 5.60 Å². The second-order valence-corrected chi connectivity index (χ2v) is 6.31. The Balaban J connectivity index is 2.53. The lowest BCUT2D eigenvalue weighted by molar-refractivity contribution is -0.00214. The molecule has 100 valence electrons. The second-order valence-electron chi connectivity index (χ2n) is 6.31. The summed E-state index contributed by atoms with van der Waals surface area (Å²) in [5, 5.41) is 0. The average Bonchev–Trinajstić information content (AvgIpc) is 2.07. The van der Waals surface area contributed by atoms with E-state index in [0.29, 0.717) is 0 Å². The van der Waals surface area contributed by atoms with Crippen LogP contribution in [0.25, 0.3) is 0 Å². The van der Waals surface area contributed by atoms with Gasteiger partial charge in [0.2, 0.25) is 0 Å². The van der Waals surface area contributed by atoms with Crippen LogP contribution in [0, 0.1) is 0 Å². The molecule has 1 fully saturated rings. The Kier molecular flexibility index (Phi) is 4.07. The Morgan fingerprint density at radius 3 is 2.06 bits per heavy atom. The van der Waals surface area contributed by atoms with Crippen LogP contribution in [0.3, 0.4) is 0 Å². The first kappa shape index (κ1) is 14.3. The number of carbonyl (C=O) groups is 1. The molecule has 0 aliphatic heterocycles. The molecule has 0 saturated heterocycles. The van der Waals surface area contributed by atoms with Gasteiger partial charge in [-0.15, -0.1) is 0 Å². The minimum atomic E-state index is -0.420. The lowest BCUT2D eigenvalue weighted by Gasteiger charge is -2.49. The molecule has 4 nitrogen and oxygen atoms in total. The summed E-state index contributed by atoms with van der Waals surface area (Å²) in [4.78, 5) is 15.8. The topological polar surface area (TPSA) is 32.8 Å². The van der Waals surface area contributed by atoms with E-state index in [-0.39, 0.29) is 11.6 Å². The number of likely N-dealkylation sites (N-methyl/N-ethyl adjacent to an activating group) is 2. The van der Waals surface area contributed by atoms with E-state index in [1.807, 2.05) is 27.8 Å². The van der Waals surface area contributed by atoms with E-state index in [1.54, 1.807) is 4.90 Å². The van der Waals surface area contributed by atoms with E-state index in [1.165, 1.54) is 6.42 Å². The van der Waals surface area contributed by atoms with Crippen molar-refractivity contribution in [1.82, 2.24) is 9.80 Å². The fourth-order valence-corrected chi connectivity index (χ4v) is 2.18. The van der Waals surface area contributed by atoms with Crippen molar-refractivity contribution < 1.29 is 9.53 Å². The van der Waals surface area contributed by atoms with E-state index in [0.717, 1.165) is 19.4 Å². The minimum absolute atomic E-state index is 0.158. The van der Waals surface area contributed by atoms with Crippen LogP contribution in [0.2, 0.25) is 0 Å². The molecule has 0 aromatic rings. The molecule has 0 spiro atoms. The highest BCUT2D eigenvalue weighted by molar-refractivity contribution is 5.67. The van der Waals surface area contributed by atoms with Crippen molar-refractivity contribution in [2.45, 2.75) is 51.2 Å². The second kappa shape index (κ2) is 4.84. The zero-order valence-electron chi connectivity index (χ0n) is 12.0. The summed E-state index contributed by atoms with van der Waals surface area (Å²) in [6, 6.07) is 0. The van der Waals surface area contributed by atoms with Gasteiger partial charge >= 0.3 is 6.09 Å². The van der Waals surface area contributed by atoms with Crippen molar-refractivity contribution >= 4 is 6.09 Å². The molecule has 1 aliphatic rings. The Bertz CT molecular complexity index is 278. The number of carbonyl (C=O) groups excluding carboxylic acids is 1. The summed E-state index contributed by atoms with van der Waals surface area (Å²) in [5.41, 5.74) is -0.262. The summed E-state index contributed by atoms with van der Waals surface area (Å²) in [7, 11) is 5.99. The highest BCUT2D eigenvalue weighted by Crippen LogP contribution is 2.36. The van der Waals surface area contributed by atoms with Gasteiger partial charge in [-0.3, -0.25) is 0 Å². The molecule has 17 heavy (non-hydrogen) atoms. The molecular weight excluding hydrogens is 216 g/mol. The Hall–Kier alpha value is -0.770. The molecule has 1 amide bonds. The van der Waals surface area contributed by atoms with Crippen LogP contribution in [0.15, 0.2) is 0 Å². The Morgan fingerprint density at radius 2 is 1.76 bits per heavy atom. The third kappa shape index (κ3) is 3.60. The third-order valence-electron chi connectivity index (χ3n) is 3.47. The van der Waals surface area contributed by atoms with Gasteiger partial charge in [-0.2, -0.15) is 0 Å². The molecule has 0 atom stereocenters. The van der Waals surface area contributed by atoms with Crippen LogP contribution in [-0.4, -0.2) is 54.7 Å². The molecular formula is C13H26N2O2. The Labute approximate surface area is 105 Å². The SMILES string of the molecule is CN(CC1(N(C)C)CCC1)C(=O)OC(C)(C)C. The van der Waals surface area contributed by atoms with Gasteiger partial charge in [0.15, 0.2) is 0 Å². The first-order valence-corrected chi connectivity index (χ1v) is 6.28. The number of amides is 1. The van der Waals surface area contributed by atoms with Crippen molar-refractivity contribution in [2.75, 3.05) is 27.7 Å². The summed E-state index contributed by atoms with van der Waals surface area (Å²) < 4.78 is 5.36. The van der Waals surface area contributed by atoms with Gasteiger partial charge in [0.25, 0.3) is 0 Å². The van der Waals surface area contributed by atoms with Gasteiger partial charge < -0.3 is 14.5 Å². The van der Waals surface area contributed by atoms with Crippen LogP contribution >= 0.6 is 0 Å². The van der Waals surface area contributed by atoms with Gasteiger partial charge in [-0.1, -0.05) is 0 Å². The van der Waals surface area contributed by atoms with Gasteiger partial charge in [-0.25, -0.2) is 4.79 Å². The first-order chi connectivity index (χ1) is 7.66. The fourth-order valence-electron chi connectivity index (χ4n) is 2.18. The number of rotatable bonds is 3. The molecule has 0 aromatic carbocycles. The monoisotopic (exact) mass is 242 g/mol. The van der Waals surface area contributed by atoms with Crippen LogP contribution < -0.4 is 0 Å². The molecule has 0 radical (unpaired) electrons. The smallest absolute Gasteiger partial charge is 0.410 e. The molecule has 0 unspecified atom stereocenters. The van der Waals surface area contributed by atoms with Crippen LogP contribution in [0.4, 0.5) is 4.79 Å². The van der Waals surface area contributed by atoms with Crippen molar-refractivity contribution in [3.8, 4) is 0 Å². The molecule has 0 aromatic heterocycles. The number of hydrogen-bond donors (Lipinski definition) is 0. The van der Waals surface area contributed by atoms with E-state index in [2.05, 4.69) is 19.0 Å². The van der Waals surface area contributed by atoms with Crippen molar-refractivity contribution in [1.29, 1.82) is 0 Å². The third-order valence-corrected chi connectivity index (χ3v) is 3.47. The van der Waals surface area contributed by atoms with E-state index in [9.17, 15) is 4.79 Å².